The van der Waals surface area contributed by atoms with Gasteiger partial charge in [-0.05, 0) is 14.1 Å². The second-order valence-electron chi connectivity index (χ2n) is 2.30. The second kappa shape index (κ2) is 4.77. The van der Waals surface area contributed by atoms with E-state index in [2.05, 4.69) is 23.9 Å². The Morgan fingerprint density at radius 2 is 1.22 bits per heavy atom. The first-order chi connectivity index (χ1) is 4.29. The van der Waals surface area contributed by atoms with E-state index >= 15 is 0 Å². The molecular weight excluding hydrogens is 112 g/mol. The molecule has 0 saturated carbocycles. The summed E-state index contributed by atoms with van der Waals surface area (Å²) in [6.45, 7) is 7.60. The second-order valence-corrected chi connectivity index (χ2v) is 2.30. The van der Waals surface area contributed by atoms with Gasteiger partial charge in [0.1, 0.15) is 0 Å². The zero-order valence-corrected chi connectivity index (χ0v) is 7.02. The van der Waals surface area contributed by atoms with Gasteiger partial charge in [0, 0.05) is 13.1 Å². The van der Waals surface area contributed by atoms with Crippen molar-refractivity contribution in [3.8, 4) is 0 Å². The van der Waals surface area contributed by atoms with E-state index in [1.165, 1.54) is 13.1 Å². The van der Waals surface area contributed by atoms with Gasteiger partial charge < -0.3 is 0 Å². The molecule has 1 rings (SSSR count). The van der Waals surface area contributed by atoms with Crippen LogP contribution < -0.4 is 0 Å². The van der Waals surface area contributed by atoms with Gasteiger partial charge in [0.25, 0.3) is 0 Å². The van der Waals surface area contributed by atoms with E-state index in [4.69, 9.17) is 0 Å². The lowest BCUT2D eigenvalue weighted by Gasteiger charge is -2.06. The summed E-state index contributed by atoms with van der Waals surface area (Å²) in [6, 6.07) is 0. The highest BCUT2D eigenvalue weighted by Gasteiger charge is 2.09. The topological polar surface area (TPSA) is 6.48 Å². The third-order valence-corrected chi connectivity index (χ3v) is 1.35. The van der Waals surface area contributed by atoms with Crippen LogP contribution in [0.5, 0.6) is 0 Å². The van der Waals surface area contributed by atoms with Crippen LogP contribution in [0.15, 0.2) is 0 Å². The predicted octanol–water partition coefficient (Wildman–Crippen LogP) is 0.847. The quantitative estimate of drug-likeness (QED) is 0.479. The minimum Gasteiger partial charge on any atom is -0.292 e. The van der Waals surface area contributed by atoms with Crippen LogP contribution in [0.3, 0.4) is 0 Å². The van der Waals surface area contributed by atoms with E-state index in [0.717, 1.165) is 6.67 Å². The molecule has 9 heavy (non-hydrogen) atoms. The molecule has 0 aliphatic carbocycles. The van der Waals surface area contributed by atoms with Crippen molar-refractivity contribution < 1.29 is 0 Å². The van der Waals surface area contributed by atoms with Gasteiger partial charge in [-0.1, -0.05) is 13.8 Å². The zero-order chi connectivity index (χ0) is 7.28. The van der Waals surface area contributed by atoms with Gasteiger partial charge in [0.05, 0.1) is 6.67 Å². The molecule has 56 valence electrons. The number of hydrogen-bond donors (Lipinski definition) is 0. The highest BCUT2D eigenvalue weighted by atomic mass is 15.3. The summed E-state index contributed by atoms with van der Waals surface area (Å²) in [4.78, 5) is 4.61. The maximum Gasteiger partial charge on any atom is 0.0501 e. The number of rotatable bonds is 0. The standard InChI is InChI=1S/C5H12N2.C2H6/c1-6-3-4-7(2)5-6;1-2/h3-5H2,1-2H3;1-2H3. The summed E-state index contributed by atoms with van der Waals surface area (Å²) in [6.07, 6.45) is 0. The molecule has 0 N–H and O–H groups in total. The van der Waals surface area contributed by atoms with Crippen LogP contribution in [0.25, 0.3) is 0 Å². The van der Waals surface area contributed by atoms with Crippen LogP contribution in [-0.4, -0.2) is 43.7 Å². The van der Waals surface area contributed by atoms with Crippen molar-refractivity contribution in [2.24, 2.45) is 0 Å². The van der Waals surface area contributed by atoms with Gasteiger partial charge in [-0.25, -0.2) is 0 Å². The van der Waals surface area contributed by atoms with Gasteiger partial charge in [0.15, 0.2) is 0 Å². The zero-order valence-electron chi connectivity index (χ0n) is 7.02. The Bertz CT molecular complexity index is 55.9. The molecule has 1 aliphatic heterocycles. The summed E-state index contributed by atoms with van der Waals surface area (Å²) in [5.74, 6) is 0. The van der Waals surface area contributed by atoms with E-state index in [0.29, 0.717) is 0 Å². The van der Waals surface area contributed by atoms with Crippen LogP contribution in [0, 0.1) is 0 Å². The lowest BCUT2D eigenvalue weighted by Crippen LogP contribution is -2.17. The number of hydrogen-bond acceptors (Lipinski definition) is 2. The van der Waals surface area contributed by atoms with E-state index in [-0.39, 0.29) is 0 Å². The summed E-state index contributed by atoms with van der Waals surface area (Å²) >= 11 is 0. The monoisotopic (exact) mass is 130 g/mol. The van der Waals surface area contributed by atoms with E-state index < -0.39 is 0 Å². The minimum atomic E-state index is 1.14. The first-order valence-electron chi connectivity index (χ1n) is 3.66. The van der Waals surface area contributed by atoms with Crippen molar-refractivity contribution in [3.63, 3.8) is 0 Å². The summed E-state index contributed by atoms with van der Waals surface area (Å²) in [5.41, 5.74) is 0. The third-order valence-electron chi connectivity index (χ3n) is 1.35. The van der Waals surface area contributed by atoms with Gasteiger partial charge >= 0.3 is 0 Å². The molecule has 0 spiro atoms. The van der Waals surface area contributed by atoms with Gasteiger partial charge in [-0.2, -0.15) is 0 Å². The summed E-state index contributed by atoms with van der Waals surface area (Å²) in [7, 11) is 4.28. The van der Waals surface area contributed by atoms with Crippen molar-refractivity contribution in [3.05, 3.63) is 0 Å². The SMILES string of the molecule is CC.CN1CCN(C)C1. The first-order valence-corrected chi connectivity index (χ1v) is 3.66. The molecule has 2 nitrogen and oxygen atoms in total. The van der Waals surface area contributed by atoms with Crippen LogP contribution in [-0.2, 0) is 0 Å². The Kier molecular flexibility index (Phi) is 4.72. The summed E-state index contributed by atoms with van der Waals surface area (Å²) in [5, 5.41) is 0. The fraction of sp³-hybridized carbons (Fsp3) is 1.00. The molecule has 2 heteroatoms. The highest BCUT2D eigenvalue weighted by molar-refractivity contribution is 4.62. The molecule has 0 amide bonds. The van der Waals surface area contributed by atoms with E-state index in [9.17, 15) is 0 Å². The van der Waals surface area contributed by atoms with Crippen molar-refractivity contribution in [1.29, 1.82) is 0 Å². The Balaban J connectivity index is 0.000000291. The van der Waals surface area contributed by atoms with Gasteiger partial charge in [0.2, 0.25) is 0 Å². The van der Waals surface area contributed by atoms with E-state index in [1.807, 2.05) is 13.8 Å². The largest absolute Gasteiger partial charge is 0.292 e. The number of likely N-dealkylation sites (N-methyl/N-ethyl adjacent to an activating group) is 2. The molecule has 1 aliphatic rings. The average molecular weight is 130 g/mol. The minimum absolute atomic E-state index is 1.14. The van der Waals surface area contributed by atoms with Crippen molar-refractivity contribution in [1.82, 2.24) is 9.80 Å². The molecule has 1 saturated heterocycles. The van der Waals surface area contributed by atoms with E-state index in [1.54, 1.807) is 0 Å². The molecule has 0 atom stereocenters. The van der Waals surface area contributed by atoms with Crippen LogP contribution in [0.1, 0.15) is 13.8 Å². The Labute approximate surface area is 58.4 Å². The fourth-order valence-corrected chi connectivity index (χ4v) is 0.895. The van der Waals surface area contributed by atoms with Crippen molar-refractivity contribution >= 4 is 0 Å². The van der Waals surface area contributed by atoms with Gasteiger partial charge in [-0.3, -0.25) is 9.80 Å². The smallest absolute Gasteiger partial charge is 0.0501 e. The van der Waals surface area contributed by atoms with Gasteiger partial charge in [-0.15, -0.1) is 0 Å². The first kappa shape index (κ1) is 8.92. The molecule has 0 aromatic rings. The maximum absolute atomic E-state index is 2.31. The molecule has 0 aromatic carbocycles. The van der Waals surface area contributed by atoms with Crippen LogP contribution in [0.4, 0.5) is 0 Å². The lowest BCUT2D eigenvalue weighted by atomic mass is 10.6. The van der Waals surface area contributed by atoms with Crippen molar-refractivity contribution in [2.75, 3.05) is 33.9 Å². The molecular formula is C7H18N2. The Morgan fingerprint density at radius 1 is 0.889 bits per heavy atom. The molecule has 0 aromatic heterocycles. The Hall–Kier alpha value is -0.0800. The molecule has 1 fully saturated rings. The molecule has 0 bridgehead atoms. The average Bonchev–Trinajstić information content (AvgIpc) is 2.20. The molecule has 0 unspecified atom stereocenters. The summed E-state index contributed by atoms with van der Waals surface area (Å²) < 4.78 is 0. The fourth-order valence-electron chi connectivity index (χ4n) is 0.895. The van der Waals surface area contributed by atoms with Crippen molar-refractivity contribution in [2.45, 2.75) is 13.8 Å². The third kappa shape index (κ3) is 3.49. The lowest BCUT2D eigenvalue weighted by molar-refractivity contribution is 0.318. The molecule has 0 radical (unpaired) electrons. The predicted molar refractivity (Wildman–Crippen MR) is 41.5 cm³/mol. The maximum atomic E-state index is 2.31. The normalized spacial score (nSPS) is 21.3. The van der Waals surface area contributed by atoms with Crippen LogP contribution >= 0.6 is 0 Å². The van der Waals surface area contributed by atoms with Crippen LogP contribution in [0.2, 0.25) is 0 Å². The number of nitrogens with zero attached hydrogens (tertiary/aromatic N) is 2. The Morgan fingerprint density at radius 3 is 1.33 bits per heavy atom. The highest BCUT2D eigenvalue weighted by Crippen LogP contribution is 1.95. The molecule has 1 heterocycles.